The van der Waals surface area contributed by atoms with Crippen molar-refractivity contribution in [2.24, 2.45) is 0 Å². The monoisotopic (exact) mass is 613 g/mol. The largest absolute Gasteiger partial charge is 0.310 e. The summed E-state index contributed by atoms with van der Waals surface area (Å²) in [4.78, 5) is 2.40. The van der Waals surface area contributed by atoms with Gasteiger partial charge in [-0.15, -0.1) is 0 Å². The molecule has 1 heteroatoms. The Hall–Kier alpha value is -5.92. The molecule has 1 aliphatic rings. The van der Waals surface area contributed by atoms with E-state index in [1.54, 1.807) is 0 Å². The van der Waals surface area contributed by atoms with Crippen LogP contribution in [0, 0.1) is 0 Å². The van der Waals surface area contributed by atoms with Crippen LogP contribution in [0.4, 0.5) is 17.1 Å². The Morgan fingerprint density at radius 1 is 0.354 bits per heavy atom. The summed E-state index contributed by atoms with van der Waals surface area (Å²) in [5, 5.41) is 5.06. The molecule has 0 unspecified atom stereocenters. The number of anilines is 3. The van der Waals surface area contributed by atoms with Crippen LogP contribution in [0.1, 0.15) is 25.0 Å². The molecular weight excluding hydrogens is 579 g/mol. The van der Waals surface area contributed by atoms with Crippen LogP contribution in [0.5, 0.6) is 0 Å². The molecule has 0 aromatic heterocycles. The van der Waals surface area contributed by atoms with Crippen molar-refractivity contribution >= 4 is 38.6 Å². The highest BCUT2D eigenvalue weighted by molar-refractivity contribution is 6.14. The first kappa shape index (κ1) is 28.3. The summed E-state index contributed by atoms with van der Waals surface area (Å²) in [6.07, 6.45) is 0. The molecule has 0 atom stereocenters. The summed E-state index contributed by atoms with van der Waals surface area (Å²) in [6.45, 7) is 4.70. The van der Waals surface area contributed by atoms with Gasteiger partial charge in [0.2, 0.25) is 0 Å². The standard InChI is InChI=1S/C47H35N/c1-47(2)45-23-12-11-22-42(45)43-27-25-38(31-46(43)47)48(36-17-7-4-8-18-36)37-19-13-16-34(29-37)44-30-35-28-33(32-14-5-3-6-15-32)24-26-39(35)40-20-9-10-21-41(40)44/h3-31H,1-2H3. The van der Waals surface area contributed by atoms with Crippen LogP contribution in [0.3, 0.4) is 0 Å². The van der Waals surface area contributed by atoms with E-state index in [2.05, 4.69) is 195 Å². The predicted octanol–water partition coefficient (Wildman–Crippen LogP) is 13.1. The summed E-state index contributed by atoms with van der Waals surface area (Å²) in [7, 11) is 0. The first-order valence-corrected chi connectivity index (χ1v) is 16.8. The molecule has 0 spiro atoms. The van der Waals surface area contributed by atoms with E-state index in [1.165, 1.54) is 66.1 Å². The summed E-state index contributed by atoms with van der Waals surface area (Å²) in [6, 6.07) is 64.4. The molecule has 0 saturated heterocycles. The van der Waals surface area contributed by atoms with Gasteiger partial charge in [0.1, 0.15) is 0 Å². The molecule has 8 aromatic carbocycles. The molecule has 0 aliphatic heterocycles. The lowest BCUT2D eigenvalue weighted by molar-refractivity contribution is 0.660. The smallest absolute Gasteiger partial charge is 0.0467 e. The van der Waals surface area contributed by atoms with Gasteiger partial charge in [0.05, 0.1) is 0 Å². The van der Waals surface area contributed by atoms with E-state index in [0.717, 1.165) is 17.1 Å². The highest BCUT2D eigenvalue weighted by Gasteiger charge is 2.35. The summed E-state index contributed by atoms with van der Waals surface area (Å²) >= 11 is 0. The van der Waals surface area contributed by atoms with E-state index in [9.17, 15) is 0 Å². The van der Waals surface area contributed by atoms with Gasteiger partial charge in [-0.2, -0.15) is 0 Å². The number of benzene rings is 8. The number of nitrogens with zero attached hydrogens (tertiary/aromatic N) is 1. The number of rotatable bonds is 5. The van der Waals surface area contributed by atoms with Crippen LogP contribution >= 0.6 is 0 Å². The number of para-hydroxylation sites is 1. The van der Waals surface area contributed by atoms with Crippen molar-refractivity contribution in [2.45, 2.75) is 19.3 Å². The maximum atomic E-state index is 2.41. The van der Waals surface area contributed by atoms with E-state index >= 15 is 0 Å². The van der Waals surface area contributed by atoms with Crippen LogP contribution in [0.2, 0.25) is 0 Å². The molecule has 1 aliphatic carbocycles. The number of hydrogen-bond acceptors (Lipinski definition) is 1. The van der Waals surface area contributed by atoms with E-state index < -0.39 is 0 Å². The van der Waals surface area contributed by atoms with Crippen LogP contribution in [0.25, 0.3) is 54.9 Å². The van der Waals surface area contributed by atoms with Gasteiger partial charge in [-0.05, 0) is 115 Å². The first-order valence-electron chi connectivity index (χ1n) is 16.8. The lowest BCUT2D eigenvalue weighted by Gasteiger charge is -2.28. The summed E-state index contributed by atoms with van der Waals surface area (Å²) in [5.41, 5.74) is 13.7. The molecule has 0 heterocycles. The lowest BCUT2D eigenvalue weighted by atomic mass is 9.82. The zero-order chi connectivity index (χ0) is 32.2. The Balaban J connectivity index is 1.21. The molecule has 48 heavy (non-hydrogen) atoms. The first-order chi connectivity index (χ1) is 23.6. The van der Waals surface area contributed by atoms with Gasteiger partial charge >= 0.3 is 0 Å². The van der Waals surface area contributed by atoms with E-state index in [4.69, 9.17) is 0 Å². The lowest BCUT2D eigenvalue weighted by Crippen LogP contribution is -2.16. The van der Waals surface area contributed by atoms with Crippen LogP contribution in [-0.4, -0.2) is 0 Å². The fraction of sp³-hybridized carbons (Fsp3) is 0.0638. The molecule has 8 aromatic rings. The Bertz CT molecular complexity index is 2470. The zero-order valence-electron chi connectivity index (χ0n) is 27.2. The van der Waals surface area contributed by atoms with E-state index in [0.29, 0.717) is 0 Å². The molecule has 0 radical (unpaired) electrons. The van der Waals surface area contributed by atoms with E-state index in [1.807, 2.05) is 0 Å². The minimum absolute atomic E-state index is 0.0746. The highest BCUT2D eigenvalue weighted by Crippen LogP contribution is 2.50. The average Bonchev–Trinajstić information content (AvgIpc) is 3.37. The molecular formula is C47H35N. The number of fused-ring (bicyclic) bond motifs is 6. The molecule has 0 N–H and O–H groups in total. The van der Waals surface area contributed by atoms with Gasteiger partial charge < -0.3 is 4.90 Å². The van der Waals surface area contributed by atoms with Crippen molar-refractivity contribution in [3.63, 3.8) is 0 Å². The van der Waals surface area contributed by atoms with Crippen molar-refractivity contribution in [1.82, 2.24) is 0 Å². The SMILES string of the molecule is CC1(C)c2ccccc2-c2ccc(N(c3ccccc3)c3cccc(-c4cc5cc(-c6ccccc6)ccc5c5ccccc45)c3)cc21. The van der Waals surface area contributed by atoms with Crippen molar-refractivity contribution in [3.8, 4) is 33.4 Å². The van der Waals surface area contributed by atoms with Gasteiger partial charge in [0.15, 0.2) is 0 Å². The molecule has 9 rings (SSSR count). The van der Waals surface area contributed by atoms with Crippen molar-refractivity contribution < 1.29 is 0 Å². The quantitative estimate of drug-likeness (QED) is 0.175. The second-order valence-electron chi connectivity index (χ2n) is 13.4. The van der Waals surface area contributed by atoms with Crippen molar-refractivity contribution in [1.29, 1.82) is 0 Å². The van der Waals surface area contributed by atoms with Gasteiger partial charge in [0, 0.05) is 22.5 Å². The molecule has 0 fully saturated rings. The molecule has 228 valence electrons. The predicted molar refractivity (Wildman–Crippen MR) is 205 cm³/mol. The molecule has 0 bridgehead atoms. The fourth-order valence-electron chi connectivity index (χ4n) is 7.83. The molecule has 0 amide bonds. The van der Waals surface area contributed by atoms with Gasteiger partial charge in [-0.3, -0.25) is 0 Å². The number of hydrogen-bond donors (Lipinski definition) is 0. The van der Waals surface area contributed by atoms with Gasteiger partial charge in [-0.25, -0.2) is 0 Å². The summed E-state index contributed by atoms with van der Waals surface area (Å²) in [5.74, 6) is 0. The van der Waals surface area contributed by atoms with E-state index in [-0.39, 0.29) is 5.41 Å². The second-order valence-corrected chi connectivity index (χ2v) is 13.4. The third-order valence-corrected chi connectivity index (χ3v) is 10.2. The second kappa shape index (κ2) is 11.1. The molecule has 0 saturated carbocycles. The normalized spacial score (nSPS) is 13.0. The average molecular weight is 614 g/mol. The third kappa shape index (κ3) is 4.54. The zero-order valence-corrected chi connectivity index (χ0v) is 27.2. The topological polar surface area (TPSA) is 3.24 Å². The fourth-order valence-corrected chi connectivity index (χ4v) is 7.83. The maximum Gasteiger partial charge on any atom is 0.0467 e. The molecule has 1 nitrogen and oxygen atoms in total. The Kier molecular flexibility index (Phi) is 6.55. The van der Waals surface area contributed by atoms with Crippen LogP contribution in [0.15, 0.2) is 176 Å². The maximum absolute atomic E-state index is 2.41. The van der Waals surface area contributed by atoms with Gasteiger partial charge in [0.25, 0.3) is 0 Å². The Labute approximate surface area is 282 Å². The van der Waals surface area contributed by atoms with Gasteiger partial charge in [-0.1, -0.05) is 141 Å². The Morgan fingerprint density at radius 3 is 1.83 bits per heavy atom. The Morgan fingerprint density at radius 2 is 1.00 bits per heavy atom. The van der Waals surface area contributed by atoms with Crippen molar-refractivity contribution in [3.05, 3.63) is 187 Å². The highest BCUT2D eigenvalue weighted by atomic mass is 15.1. The summed E-state index contributed by atoms with van der Waals surface area (Å²) < 4.78 is 0. The third-order valence-electron chi connectivity index (χ3n) is 10.2. The van der Waals surface area contributed by atoms with Crippen molar-refractivity contribution in [2.75, 3.05) is 4.90 Å². The van der Waals surface area contributed by atoms with Crippen LogP contribution in [-0.2, 0) is 5.41 Å². The minimum atomic E-state index is -0.0746. The minimum Gasteiger partial charge on any atom is -0.310 e. The van der Waals surface area contributed by atoms with Crippen LogP contribution < -0.4 is 4.90 Å².